The van der Waals surface area contributed by atoms with E-state index >= 15 is 0 Å². The van der Waals surface area contributed by atoms with Crippen molar-refractivity contribution < 1.29 is 24.6 Å². The van der Waals surface area contributed by atoms with Crippen LogP contribution in [-0.4, -0.2) is 33.4 Å². The van der Waals surface area contributed by atoms with E-state index in [0.29, 0.717) is 5.06 Å². The first-order chi connectivity index (χ1) is 8.09. The van der Waals surface area contributed by atoms with Crippen LogP contribution in [0.4, 0.5) is 0 Å². The van der Waals surface area contributed by atoms with Gasteiger partial charge >= 0.3 is 5.97 Å². The van der Waals surface area contributed by atoms with E-state index in [1.807, 2.05) is 0 Å². The van der Waals surface area contributed by atoms with Gasteiger partial charge in [-0.15, -0.1) is 5.06 Å². The molecular weight excluding hydrogens is 226 g/mol. The Labute approximate surface area is 97.0 Å². The summed E-state index contributed by atoms with van der Waals surface area (Å²) in [4.78, 5) is 27.6. The van der Waals surface area contributed by atoms with Crippen LogP contribution in [0.3, 0.4) is 0 Å². The highest BCUT2D eigenvalue weighted by Crippen LogP contribution is 2.21. The molecule has 1 saturated heterocycles. The second kappa shape index (κ2) is 4.42. The van der Waals surface area contributed by atoms with Gasteiger partial charge in [0.25, 0.3) is 5.91 Å². The van der Waals surface area contributed by atoms with Gasteiger partial charge in [-0.05, 0) is 12.1 Å². The van der Waals surface area contributed by atoms with Gasteiger partial charge in [-0.25, -0.2) is 4.79 Å². The smallest absolute Gasteiger partial charge is 0.367 e. The minimum absolute atomic E-state index is 0.0561. The Morgan fingerprint density at radius 2 is 2.12 bits per heavy atom. The maximum absolute atomic E-state index is 11.6. The number of hydrogen-bond acceptors (Lipinski definition) is 5. The van der Waals surface area contributed by atoms with Gasteiger partial charge in [-0.1, -0.05) is 12.1 Å². The van der Waals surface area contributed by atoms with E-state index in [1.54, 1.807) is 12.1 Å². The lowest BCUT2D eigenvalue weighted by Crippen LogP contribution is -2.35. The summed E-state index contributed by atoms with van der Waals surface area (Å²) in [5, 5.41) is 19.4. The van der Waals surface area contributed by atoms with E-state index in [9.17, 15) is 19.8 Å². The molecule has 6 nitrogen and oxygen atoms in total. The summed E-state index contributed by atoms with van der Waals surface area (Å²) in [6.07, 6.45) is -0.750. The molecule has 0 bridgehead atoms. The van der Waals surface area contributed by atoms with Crippen LogP contribution in [0.2, 0.25) is 0 Å². The van der Waals surface area contributed by atoms with Crippen molar-refractivity contribution in [3.05, 3.63) is 29.8 Å². The standard InChI is InChI=1S/C11H11NO5/c13-8-4-2-1-3-7(8)11(16)17-12-9(14)5-6-10(12)15/h1-4,9,13-14H,5-6H2. The summed E-state index contributed by atoms with van der Waals surface area (Å²) in [5.41, 5.74) is -0.0561. The largest absolute Gasteiger partial charge is 0.507 e. The molecule has 1 amide bonds. The Hall–Kier alpha value is -2.08. The fraction of sp³-hybridized carbons (Fsp3) is 0.273. The lowest BCUT2D eigenvalue weighted by molar-refractivity contribution is -0.191. The Morgan fingerprint density at radius 3 is 2.71 bits per heavy atom. The highest BCUT2D eigenvalue weighted by molar-refractivity contribution is 5.93. The number of carbonyl (C=O) groups excluding carboxylic acids is 2. The Kier molecular flexibility index (Phi) is 2.97. The van der Waals surface area contributed by atoms with E-state index in [0.717, 1.165) is 0 Å². The molecule has 1 heterocycles. The topological polar surface area (TPSA) is 87.1 Å². The van der Waals surface area contributed by atoms with Gasteiger partial charge in [-0.2, -0.15) is 0 Å². The van der Waals surface area contributed by atoms with Crippen molar-refractivity contribution in [1.29, 1.82) is 0 Å². The fourth-order valence-corrected chi connectivity index (χ4v) is 1.54. The van der Waals surface area contributed by atoms with Crippen molar-refractivity contribution in [3.8, 4) is 5.75 Å². The summed E-state index contributed by atoms with van der Waals surface area (Å²) in [6.45, 7) is 0. The van der Waals surface area contributed by atoms with Gasteiger partial charge in [0, 0.05) is 12.8 Å². The molecule has 6 heteroatoms. The maximum atomic E-state index is 11.6. The van der Waals surface area contributed by atoms with Crippen molar-refractivity contribution in [2.75, 3.05) is 0 Å². The van der Waals surface area contributed by atoms with Crippen molar-refractivity contribution >= 4 is 11.9 Å². The molecule has 0 aromatic heterocycles. The molecule has 1 unspecified atom stereocenters. The molecule has 1 aliphatic rings. The number of amides is 1. The van der Waals surface area contributed by atoms with Gasteiger partial charge in [0.2, 0.25) is 0 Å². The SMILES string of the molecule is O=C(ON1C(=O)CCC1O)c1ccccc1O. The summed E-state index contributed by atoms with van der Waals surface area (Å²) >= 11 is 0. The predicted octanol–water partition coefficient (Wildman–Crippen LogP) is 0.405. The summed E-state index contributed by atoms with van der Waals surface area (Å²) in [6, 6.07) is 5.81. The van der Waals surface area contributed by atoms with Crippen LogP contribution >= 0.6 is 0 Å². The van der Waals surface area contributed by atoms with Crippen LogP contribution in [0.5, 0.6) is 5.75 Å². The van der Waals surface area contributed by atoms with E-state index in [-0.39, 0.29) is 24.2 Å². The number of nitrogens with zero attached hydrogens (tertiary/aromatic N) is 1. The van der Waals surface area contributed by atoms with Crippen LogP contribution in [0, 0.1) is 0 Å². The zero-order valence-electron chi connectivity index (χ0n) is 8.87. The number of hydroxylamine groups is 2. The van der Waals surface area contributed by atoms with Gasteiger partial charge < -0.3 is 15.1 Å². The molecule has 0 radical (unpaired) electrons. The molecule has 1 aliphatic heterocycles. The summed E-state index contributed by atoms with van der Waals surface area (Å²) in [7, 11) is 0. The summed E-state index contributed by atoms with van der Waals surface area (Å²) in [5.74, 6) is -1.57. The molecule has 17 heavy (non-hydrogen) atoms. The van der Waals surface area contributed by atoms with Crippen LogP contribution < -0.4 is 0 Å². The minimum atomic E-state index is -1.11. The molecule has 1 aromatic rings. The second-order valence-electron chi connectivity index (χ2n) is 3.63. The van der Waals surface area contributed by atoms with E-state index in [4.69, 9.17) is 4.84 Å². The third-order valence-corrected chi connectivity index (χ3v) is 2.44. The number of aromatic hydroxyl groups is 1. The molecular formula is C11H11NO5. The zero-order valence-corrected chi connectivity index (χ0v) is 8.87. The number of aliphatic hydroxyl groups is 1. The number of rotatable bonds is 2. The number of aliphatic hydroxyl groups excluding tert-OH is 1. The molecule has 0 saturated carbocycles. The maximum Gasteiger partial charge on any atom is 0.367 e. The third kappa shape index (κ3) is 2.21. The van der Waals surface area contributed by atoms with E-state index in [1.165, 1.54) is 12.1 Å². The van der Waals surface area contributed by atoms with E-state index in [2.05, 4.69) is 0 Å². The molecule has 1 atom stereocenters. The van der Waals surface area contributed by atoms with Crippen molar-refractivity contribution in [3.63, 3.8) is 0 Å². The highest BCUT2D eigenvalue weighted by atomic mass is 16.7. The zero-order chi connectivity index (χ0) is 12.4. The molecule has 0 spiro atoms. The third-order valence-electron chi connectivity index (χ3n) is 2.44. The normalized spacial score (nSPS) is 19.5. The highest BCUT2D eigenvalue weighted by Gasteiger charge is 2.33. The summed E-state index contributed by atoms with van der Waals surface area (Å²) < 4.78 is 0. The molecule has 2 rings (SSSR count). The second-order valence-corrected chi connectivity index (χ2v) is 3.63. The van der Waals surface area contributed by atoms with Crippen molar-refractivity contribution in [1.82, 2.24) is 5.06 Å². The first-order valence-electron chi connectivity index (χ1n) is 5.10. The van der Waals surface area contributed by atoms with Crippen LogP contribution in [0.15, 0.2) is 24.3 Å². The number of para-hydroxylation sites is 1. The lowest BCUT2D eigenvalue weighted by atomic mass is 10.2. The van der Waals surface area contributed by atoms with Gasteiger partial charge in [0.05, 0.1) is 0 Å². The average molecular weight is 237 g/mol. The van der Waals surface area contributed by atoms with Gasteiger partial charge in [0.15, 0.2) is 6.23 Å². The Balaban J connectivity index is 2.12. The van der Waals surface area contributed by atoms with Crippen LogP contribution in [0.1, 0.15) is 23.2 Å². The first kappa shape index (κ1) is 11.4. The number of phenols is 1. The number of benzene rings is 1. The fourth-order valence-electron chi connectivity index (χ4n) is 1.54. The van der Waals surface area contributed by atoms with Crippen molar-refractivity contribution in [2.45, 2.75) is 19.1 Å². The average Bonchev–Trinajstić information content (AvgIpc) is 2.61. The number of carbonyl (C=O) groups is 2. The number of phenolic OH excluding ortho intramolecular Hbond substituents is 1. The van der Waals surface area contributed by atoms with Crippen LogP contribution in [-0.2, 0) is 9.63 Å². The predicted molar refractivity (Wildman–Crippen MR) is 55.6 cm³/mol. The van der Waals surface area contributed by atoms with Crippen molar-refractivity contribution in [2.24, 2.45) is 0 Å². The molecule has 1 fully saturated rings. The number of hydrogen-bond donors (Lipinski definition) is 2. The van der Waals surface area contributed by atoms with E-state index < -0.39 is 18.1 Å². The molecule has 2 N–H and O–H groups in total. The first-order valence-corrected chi connectivity index (χ1v) is 5.10. The molecule has 0 aliphatic carbocycles. The Morgan fingerprint density at radius 1 is 1.41 bits per heavy atom. The monoisotopic (exact) mass is 237 g/mol. The molecule has 1 aromatic carbocycles. The Bertz CT molecular complexity index is 459. The minimum Gasteiger partial charge on any atom is -0.507 e. The molecule has 90 valence electrons. The van der Waals surface area contributed by atoms with Gasteiger partial charge in [-0.3, -0.25) is 4.79 Å². The quantitative estimate of drug-likeness (QED) is 0.777. The van der Waals surface area contributed by atoms with Crippen LogP contribution in [0.25, 0.3) is 0 Å². The lowest BCUT2D eigenvalue weighted by Gasteiger charge is -2.18. The van der Waals surface area contributed by atoms with Gasteiger partial charge in [0.1, 0.15) is 11.3 Å².